The van der Waals surface area contributed by atoms with Gasteiger partial charge >= 0.3 is 0 Å². The van der Waals surface area contributed by atoms with E-state index in [1.54, 1.807) is 0 Å². The number of aryl methyl sites for hydroxylation is 2. The molecule has 2 aromatic rings. The third-order valence-corrected chi connectivity index (χ3v) is 4.86. The molecule has 1 aromatic heterocycles. The Balaban J connectivity index is 1.54. The summed E-state index contributed by atoms with van der Waals surface area (Å²) in [5.74, 6) is 1.62. The molecule has 1 amide bonds. The van der Waals surface area contributed by atoms with Crippen LogP contribution in [0.1, 0.15) is 48.5 Å². The predicted octanol–water partition coefficient (Wildman–Crippen LogP) is 2.57. The van der Waals surface area contributed by atoms with Gasteiger partial charge in [-0.05, 0) is 45.7 Å². The summed E-state index contributed by atoms with van der Waals surface area (Å²) in [5, 5.41) is 6.92. The molecule has 1 aliphatic heterocycles. The van der Waals surface area contributed by atoms with Gasteiger partial charge in [-0.2, -0.15) is 4.98 Å². The van der Waals surface area contributed by atoms with E-state index in [4.69, 9.17) is 4.52 Å². The molecule has 0 bridgehead atoms. The minimum absolute atomic E-state index is 0.0583. The van der Waals surface area contributed by atoms with Crippen molar-refractivity contribution in [1.82, 2.24) is 20.4 Å². The van der Waals surface area contributed by atoms with Crippen LogP contribution in [0.25, 0.3) is 0 Å². The van der Waals surface area contributed by atoms with Gasteiger partial charge in [0.05, 0.1) is 12.0 Å². The maximum absolute atomic E-state index is 12.5. The molecule has 1 saturated heterocycles. The van der Waals surface area contributed by atoms with E-state index in [-0.39, 0.29) is 17.9 Å². The molecule has 1 aliphatic rings. The van der Waals surface area contributed by atoms with E-state index in [0.29, 0.717) is 18.3 Å². The Labute approximate surface area is 148 Å². The first-order chi connectivity index (χ1) is 12.0. The third kappa shape index (κ3) is 4.45. The Morgan fingerprint density at radius 1 is 1.36 bits per heavy atom. The summed E-state index contributed by atoms with van der Waals surface area (Å²) in [4.78, 5) is 19.1. The van der Waals surface area contributed by atoms with Crippen molar-refractivity contribution in [2.75, 3.05) is 13.1 Å². The number of nitrogens with zero attached hydrogens (tertiary/aromatic N) is 3. The Morgan fingerprint density at radius 2 is 2.12 bits per heavy atom. The third-order valence-electron chi connectivity index (χ3n) is 4.86. The number of rotatable bonds is 5. The average Bonchev–Trinajstić information content (AvgIpc) is 3.07. The largest absolute Gasteiger partial charge is 0.351 e. The van der Waals surface area contributed by atoms with Crippen LogP contribution in [0.4, 0.5) is 0 Å². The quantitative estimate of drug-likeness (QED) is 0.904. The average molecular weight is 342 g/mol. The second-order valence-electron chi connectivity index (χ2n) is 6.89. The molecule has 1 fully saturated rings. The predicted molar refractivity (Wildman–Crippen MR) is 95.1 cm³/mol. The molecule has 6 nitrogen and oxygen atoms in total. The normalized spacial score (nSPS) is 19.6. The summed E-state index contributed by atoms with van der Waals surface area (Å²) >= 11 is 0. The molecule has 2 heterocycles. The number of amides is 1. The van der Waals surface area contributed by atoms with Crippen LogP contribution in [0, 0.1) is 13.8 Å². The molecule has 2 atom stereocenters. The number of likely N-dealkylation sites (tertiary alicyclic amines) is 1. The second kappa shape index (κ2) is 7.78. The molecule has 0 spiro atoms. The van der Waals surface area contributed by atoms with Gasteiger partial charge < -0.3 is 9.84 Å². The minimum Gasteiger partial charge on any atom is -0.351 e. The fraction of sp³-hybridized carbons (Fsp3) is 0.526. The van der Waals surface area contributed by atoms with Crippen LogP contribution in [-0.4, -0.2) is 40.1 Å². The van der Waals surface area contributed by atoms with Gasteiger partial charge in [-0.25, -0.2) is 0 Å². The van der Waals surface area contributed by atoms with Crippen molar-refractivity contribution in [3.8, 4) is 0 Å². The van der Waals surface area contributed by atoms with Gasteiger partial charge in [0.2, 0.25) is 11.8 Å². The van der Waals surface area contributed by atoms with Gasteiger partial charge in [0.1, 0.15) is 0 Å². The summed E-state index contributed by atoms with van der Waals surface area (Å²) in [6.07, 6.45) is 2.05. The molecule has 0 unspecified atom stereocenters. The molecule has 1 aromatic carbocycles. The highest BCUT2D eigenvalue weighted by Crippen LogP contribution is 2.26. The molecule has 0 aliphatic carbocycles. The standard InChI is InChI=1S/C19H26N4O2/c1-13-6-8-16(9-7-13)11-20-18(24)14(2)23-10-4-5-17(12-23)19-21-15(3)22-25-19/h6-9,14,17H,4-5,10-12H2,1-3H3,(H,20,24)/t14-,17-/m0/s1. The molecular weight excluding hydrogens is 316 g/mol. The number of carbonyl (C=O) groups is 1. The van der Waals surface area contributed by atoms with E-state index >= 15 is 0 Å². The van der Waals surface area contributed by atoms with E-state index in [1.165, 1.54) is 5.56 Å². The number of hydrogen-bond acceptors (Lipinski definition) is 5. The summed E-state index contributed by atoms with van der Waals surface area (Å²) in [7, 11) is 0. The van der Waals surface area contributed by atoms with E-state index in [9.17, 15) is 4.79 Å². The zero-order valence-corrected chi connectivity index (χ0v) is 15.2. The van der Waals surface area contributed by atoms with Gasteiger partial charge in [-0.3, -0.25) is 9.69 Å². The van der Waals surface area contributed by atoms with Crippen LogP contribution >= 0.6 is 0 Å². The molecule has 3 rings (SSSR count). The lowest BCUT2D eigenvalue weighted by Crippen LogP contribution is -2.48. The van der Waals surface area contributed by atoms with Crippen LogP contribution in [-0.2, 0) is 11.3 Å². The first kappa shape index (κ1) is 17.6. The summed E-state index contributed by atoms with van der Waals surface area (Å²) in [6.45, 7) is 8.11. The van der Waals surface area contributed by atoms with Crippen LogP contribution in [0.3, 0.4) is 0 Å². The Bertz CT molecular complexity index is 710. The van der Waals surface area contributed by atoms with Crippen molar-refractivity contribution < 1.29 is 9.32 Å². The lowest BCUT2D eigenvalue weighted by molar-refractivity contribution is -0.126. The molecular formula is C19H26N4O2. The second-order valence-corrected chi connectivity index (χ2v) is 6.89. The van der Waals surface area contributed by atoms with E-state index < -0.39 is 0 Å². The van der Waals surface area contributed by atoms with E-state index in [2.05, 4.69) is 51.5 Å². The lowest BCUT2D eigenvalue weighted by atomic mass is 9.96. The fourth-order valence-electron chi connectivity index (χ4n) is 3.25. The van der Waals surface area contributed by atoms with Crippen molar-refractivity contribution in [2.24, 2.45) is 0 Å². The van der Waals surface area contributed by atoms with Gasteiger partial charge in [-0.15, -0.1) is 0 Å². The smallest absolute Gasteiger partial charge is 0.237 e. The Morgan fingerprint density at radius 3 is 2.80 bits per heavy atom. The van der Waals surface area contributed by atoms with Gasteiger partial charge in [0.25, 0.3) is 0 Å². The Hall–Kier alpha value is -2.21. The molecule has 6 heteroatoms. The van der Waals surface area contributed by atoms with Crippen LogP contribution < -0.4 is 5.32 Å². The fourth-order valence-corrected chi connectivity index (χ4v) is 3.25. The highest BCUT2D eigenvalue weighted by molar-refractivity contribution is 5.81. The van der Waals surface area contributed by atoms with E-state index in [0.717, 1.165) is 31.5 Å². The molecule has 1 N–H and O–H groups in total. The summed E-state index contributed by atoms with van der Waals surface area (Å²) < 4.78 is 5.32. The number of benzene rings is 1. The lowest BCUT2D eigenvalue weighted by Gasteiger charge is -2.34. The zero-order valence-electron chi connectivity index (χ0n) is 15.2. The minimum atomic E-state index is -0.169. The van der Waals surface area contributed by atoms with Crippen LogP contribution in [0.15, 0.2) is 28.8 Å². The number of aromatic nitrogens is 2. The van der Waals surface area contributed by atoms with Gasteiger partial charge in [0, 0.05) is 13.1 Å². The molecule has 0 saturated carbocycles. The van der Waals surface area contributed by atoms with Crippen molar-refractivity contribution in [3.05, 3.63) is 47.1 Å². The zero-order chi connectivity index (χ0) is 17.8. The van der Waals surface area contributed by atoms with Crippen molar-refractivity contribution in [2.45, 2.75) is 52.1 Å². The maximum Gasteiger partial charge on any atom is 0.237 e. The van der Waals surface area contributed by atoms with Crippen molar-refractivity contribution in [3.63, 3.8) is 0 Å². The molecule has 134 valence electrons. The first-order valence-electron chi connectivity index (χ1n) is 8.90. The summed E-state index contributed by atoms with van der Waals surface area (Å²) in [5.41, 5.74) is 2.34. The van der Waals surface area contributed by atoms with Gasteiger partial charge in [-0.1, -0.05) is 35.0 Å². The topological polar surface area (TPSA) is 71.3 Å². The molecule has 0 radical (unpaired) electrons. The molecule has 25 heavy (non-hydrogen) atoms. The van der Waals surface area contributed by atoms with Crippen LogP contribution in [0.2, 0.25) is 0 Å². The monoisotopic (exact) mass is 342 g/mol. The number of carbonyl (C=O) groups excluding carboxylic acids is 1. The maximum atomic E-state index is 12.5. The van der Waals surface area contributed by atoms with E-state index in [1.807, 2.05) is 13.8 Å². The summed E-state index contributed by atoms with van der Waals surface area (Å²) in [6, 6.07) is 8.06. The number of piperidine rings is 1. The van der Waals surface area contributed by atoms with Crippen LogP contribution in [0.5, 0.6) is 0 Å². The highest BCUT2D eigenvalue weighted by atomic mass is 16.5. The first-order valence-corrected chi connectivity index (χ1v) is 8.90. The number of hydrogen-bond donors (Lipinski definition) is 1. The van der Waals surface area contributed by atoms with Gasteiger partial charge in [0.15, 0.2) is 5.82 Å². The Kier molecular flexibility index (Phi) is 5.48. The van der Waals surface area contributed by atoms with Crippen molar-refractivity contribution >= 4 is 5.91 Å². The number of nitrogens with one attached hydrogen (secondary N) is 1. The van der Waals surface area contributed by atoms with Crippen molar-refractivity contribution in [1.29, 1.82) is 0 Å². The SMILES string of the molecule is Cc1ccc(CNC(=O)[C@H](C)N2CCC[C@H](c3nc(C)no3)C2)cc1. The highest BCUT2D eigenvalue weighted by Gasteiger charge is 2.30.